The minimum absolute atomic E-state index is 0.0492. The number of hydrogen-bond donors (Lipinski definition) is 1. The highest BCUT2D eigenvalue weighted by molar-refractivity contribution is 5.81. The summed E-state index contributed by atoms with van der Waals surface area (Å²) in [6, 6.07) is 0. The molecular weight excluding hydrogens is 224 g/mol. The zero-order valence-electron chi connectivity index (χ0n) is 9.87. The lowest BCUT2D eigenvalue weighted by Gasteiger charge is -2.27. The molecule has 1 N–H and O–H groups in total. The van der Waals surface area contributed by atoms with Gasteiger partial charge in [-0.05, 0) is 18.9 Å². The van der Waals surface area contributed by atoms with Gasteiger partial charge in [-0.2, -0.15) is 0 Å². The van der Waals surface area contributed by atoms with Crippen molar-refractivity contribution in [2.24, 2.45) is 0 Å². The van der Waals surface area contributed by atoms with Crippen LogP contribution in [-0.2, 0) is 19.0 Å². The van der Waals surface area contributed by atoms with Gasteiger partial charge < -0.3 is 19.3 Å². The van der Waals surface area contributed by atoms with Gasteiger partial charge in [-0.3, -0.25) is 0 Å². The Kier molecular flexibility index (Phi) is 4.15. The zero-order chi connectivity index (χ0) is 12.3. The Balaban J connectivity index is 1.72. The van der Waals surface area contributed by atoms with Crippen LogP contribution in [-0.4, -0.2) is 49.2 Å². The minimum atomic E-state index is -0.391. The van der Waals surface area contributed by atoms with Crippen LogP contribution in [0.15, 0.2) is 12.2 Å². The molecule has 2 aliphatic rings. The van der Waals surface area contributed by atoms with Crippen LogP contribution >= 0.6 is 0 Å². The predicted molar refractivity (Wildman–Crippen MR) is 59.4 cm³/mol. The van der Waals surface area contributed by atoms with E-state index in [-0.39, 0.29) is 24.3 Å². The lowest BCUT2D eigenvalue weighted by molar-refractivity contribution is -0.134. The molecule has 5 nitrogen and oxygen atoms in total. The lowest BCUT2D eigenvalue weighted by Crippen LogP contribution is -2.35. The number of rotatable bonds is 4. The second kappa shape index (κ2) is 5.62. The second-order valence-corrected chi connectivity index (χ2v) is 4.38. The maximum Gasteiger partial charge on any atom is 0.330 e. The summed E-state index contributed by atoms with van der Waals surface area (Å²) in [6.45, 7) is 0.705. The maximum absolute atomic E-state index is 10.9. The Hall–Kier alpha value is -0.910. The van der Waals surface area contributed by atoms with E-state index in [1.807, 2.05) is 0 Å². The monoisotopic (exact) mass is 242 g/mol. The van der Waals surface area contributed by atoms with Crippen LogP contribution < -0.4 is 0 Å². The van der Waals surface area contributed by atoms with Gasteiger partial charge in [-0.15, -0.1) is 0 Å². The third kappa shape index (κ3) is 3.52. The van der Waals surface area contributed by atoms with E-state index in [4.69, 9.17) is 9.47 Å². The molecular formula is C12H18O5. The van der Waals surface area contributed by atoms with Gasteiger partial charge in [-0.25, -0.2) is 4.79 Å². The van der Waals surface area contributed by atoms with Crippen LogP contribution in [0, 0.1) is 0 Å². The van der Waals surface area contributed by atoms with Crippen molar-refractivity contribution in [1.82, 2.24) is 0 Å². The molecule has 0 spiro atoms. The number of epoxide rings is 1. The quantitative estimate of drug-likeness (QED) is 0.439. The minimum Gasteiger partial charge on any atom is -0.466 e. The van der Waals surface area contributed by atoms with E-state index in [9.17, 15) is 9.90 Å². The summed E-state index contributed by atoms with van der Waals surface area (Å²) in [5.74, 6) is -0.381. The largest absolute Gasteiger partial charge is 0.466 e. The molecule has 96 valence electrons. The van der Waals surface area contributed by atoms with Crippen molar-refractivity contribution in [1.29, 1.82) is 0 Å². The summed E-state index contributed by atoms with van der Waals surface area (Å²) in [4.78, 5) is 10.9. The van der Waals surface area contributed by atoms with E-state index in [0.29, 0.717) is 13.0 Å². The van der Waals surface area contributed by atoms with Crippen LogP contribution in [0.2, 0.25) is 0 Å². The average Bonchev–Trinajstić information content (AvgIpc) is 3.07. The number of methoxy groups -OCH3 is 1. The molecule has 0 amide bonds. The van der Waals surface area contributed by atoms with Crippen molar-refractivity contribution in [3.05, 3.63) is 12.2 Å². The van der Waals surface area contributed by atoms with Crippen molar-refractivity contribution in [2.45, 2.75) is 43.7 Å². The first-order valence-electron chi connectivity index (χ1n) is 5.92. The van der Waals surface area contributed by atoms with E-state index < -0.39 is 6.10 Å². The predicted octanol–water partition coefficient (Wildman–Crippen LogP) is 0.413. The van der Waals surface area contributed by atoms with Crippen molar-refractivity contribution in [3.63, 3.8) is 0 Å². The van der Waals surface area contributed by atoms with Crippen LogP contribution in [0.25, 0.3) is 0 Å². The number of esters is 1. The number of ether oxygens (including phenoxy) is 3. The van der Waals surface area contributed by atoms with Crippen LogP contribution in [0.5, 0.6) is 0 Å². The molecule has 0 aliphatic carbocycles. The van der Waals surface area contributed by atoms with Gasteiger partial charge in [0.1, 0.15) is 6.10 Å². The first-order valence-corrected chi connectivity index (χ1v) is 5.92. The normalized spacial score (nSPS) is 37.1. The first kappa shape index (κ1) is 12.5. The number of aliphatic hydroxyl groups excluding tert-OH is 1. The van der Waals surface area contributed by atoms with Crippen LogP contribution in [0.4, 0.5) is 0 Å². The number of hydrogen-bond acceptors (Lipinski definition) is 5. The lowest BCUT2D eigenvalue weighted by atomic mass is 10.0. The Morgan fingerprint density at radius 3 is 3.06 bits per heavy atom. The molecule has 2 aliphatic heterocycles. The van der Waals surface area contributed by atoms with Crippen molar-refractivity contribution in [3.8, 4) is 0 Å². The Morgan fingerprint density at radius 1 is 1.53 bits per heavy atom. The maximum atomic E-state index is 10.9. The third-order valence-corrected chi connectivity index (χ3v) is 3.11. The van der Waals surface area contributed by atoms with Gasteiger partial charge in [0.15, 0.2) is 0 Å². The molecule has 2 saturated heterocycles. The average molecular weight is 242 g/mol. The zero-order valence-corrected chi connectivity index (χ0v) is 9.87. The summed E-state index contributed by atoms with van der Waals surface area (Å²) in [5.41, 5.74) is 0. The Bertz CT molecular complexity index is 301. The molecule has 17 heavy (non-hydrogen) atoms. The first-order chi connectivity index (χ1) is 8.20. The highest BCUT2D eigenvalue weighted by Crippen LogP contribution is 2.31. The fourth-order valence-corrected chi connectivity index (χ4v) is 2.04. The number of carbonyl (C=O) groups is 1. The van der Waals surface area contributed by atoms with Crippen molar-refractivity contribution >= 4 is 5.97 Å². The molecule has 4 atom stereocenters. The van der Waals surface area contributed by atoms with Gasteiger partial charge in [-0.1, -0.05) is 0 Å². The SMILES string of the molecule is COC(=O)/C=C/[C@H]1O[C@H]1C[C@H]1OCCC[C@@H]1O. The topological polar surface area (TPSA) is 68.3 Å². The number of carbonyl (C=O) groups excluding carboxylic acids is 1. The molecule has 0 bridgehead atoms. The van der Waals surface area contributed by atoms with Gasteiger partial charge in [0, 0.05) is 19.1 Å². The van der Waals surface area contributed by atoms with E-state index in [1.54, 1.807) is 6.08 Å². The van der Waals surface area contributed by atoms with E-state index in [0.717, 1.165) is 12.8 Å². The molecule has 0 aromatic heterocycles. The van der Waals surface area contributed by atoms with Gasteiger partial charge in [0.05, 0.1) is 25.4 Å². The Labute approximate surface area is 100 Å². The van der Waals surface area contributed by atoms with E-state index in [1.165, 1.54) is 13.2 Å². The highest BCUT2D eigenvalue weighted by atomic mass is 16.6. The molecule has 2 heterocycles. The molecule has 2 fully saturated rings. The standard InChI is InChI=1S/C12H18O5/c1-15-12(14)5-4-9-11(17-9)7-10-8(13)3-2-6-16-10/h4-5,8-11,13H,2-3,6-7H2,1H3/b5-4+/t8-,9+,10+,11-/m0/s1. The molecule has 0 radical (unpaired) electrons. The molecule has 0 saturated carbocycles. The second-order valence-electron chi connectivity index (χ2n) is 4.38. The molecule has 2 rings (SSSR count). The Morgan fingerprint density at radius 2 is 2.35 bits per heavy atom. The fourth-order valence-electron chi connectivity index (χ4n) is 2.04. The van der Waals surface area contributed by atoms with Gasteiger partial charge >= 0.3 is 5.97 Å². The smallest absolute Gasteiger partial charge is 0.330 e. The summed E-state index contributed by atoms with van der Waals surface area (Å²) < 4.78 is 15.4. The van der Waals surface area contributed by atoms with E-state index in [2.05, 4.69) is 4.74 Å². The number of aliphatic hydroxyl groups is 1. The molecule has 0 aromatic rings. The van der Waals surface area contributed by atoms with E-state index >= 15 is 0 Å². The van der Waals surface area contributed by atoms with Crippen molar-refractivity contribution < 1.29 is 24.1 Å². The van der Waals surface area contributed by atoms with Crippen molar-refractivity contribution in [2.75, 3.05) is 13.7 Å². The molecule has 0 unspecified atom stereocenters. The third-order valence-electron chi connectivity index (χ3n) is 3.11. The highest BCUT2D eigenvalue weighted by Gasteiger charge is 2.40. The summed E-state index contributed by atoms with van der Waals surface area (Å²) in [5, 5.41) is 9.72. The summed E-state index contributed by atoms with van der Waals surface area (Å²) >= 11 is 0. The van der Waals surface area contributed by atoms with Crippen LogP contribution in [0.1, 0.15) is 19.3 Å². The van der Waals surface area contributed by atoms with Gasteiger partial charge in [0.25, 0.3) is 0 Å². The molecule has 0 aromatic carbocycles. The summed E-state index contributed by atoms with van der Waals surface area (Å²) in [6.07, 6.45) is 4.91. The fraction of sp³-hybridized carbons (Fsp3) is 0.750. The summed E-state index contributed by atoms with van der Waals surface area (Å²) in [7, 11) is 1.34. The van der Waals surface area contributed by atoms with Gasteiger partial charge in [0.2, 0.25) is 0 Å². The molecule has 5 heteroatoms. The van der Waals surface area contributed by atoms with Crippen LogP contribution in [0.3, 0.4) is 0 Å².